The lowest BCUT2D eigenvalue weighted by atomic mass is 10.1. The molecule has 0 spiro atoms. The fourth-order valence-electron chi connectivity index (χ4n) is 1.02. The molecule has 0 atom stereocenters. The van der Waals surface area contributed by atoms with Crippen LogP contribution in [0.1, 0.15) is 25.5 Å². The Kier molecular flexibility index (Phi) is 1.53. The summed E-state index contributed by atoms with van der Waals surface area (Å²) in [6.07, 6.45) is 0. The van der Waals surface area contributed by atoms with Gasteiger partial charge in [-0.25, -0.2) is 9.61 Å². The fourth-order valence-corrected chi connectivity index (χ4v) is 1.02. The summed E-state index contributed by atoms with van der Waals surface area (Å²) in [5.74, 6) is 0.408. The van der Waals surface area contributed by atoms with Crippen LogP contribution < -0.4 is 0 Å². The highest BCUT2D eigenvalue weighted by Gasteiger charge is 2.05. The zero-order valence-corrected chi connectivity index (χ0v) is 6.98. The highest BCUT2D eigenvalue weighted by atomic mass is 16.6. The number of hydrogen-bond acceptors (Lipinski definition) is 4. The molecule has 2 aromatic rings. The van der Waals surface area contributed by atoms with E-state index in [2.05, 4.69) is 33.8 Å². The SMILES string of the molecule is CC(C)c1ccc2nonc2n1. The molecule has 12 heavy (non-hydrogen) atoms. The van der Waals surface area contributed by atoms with Crippen molar-refractivity contribution in [1.82, 2.24) is 15.3 Å². The zero-order chi connectivity index (χ0) is 8.55. The minimum Gasteiger partial charge on any atom is -0.242 e. The van der Waals surface area contributed by atoms with Gasteiger partial charge in [0.2, 0.25) is 5.65 Å². The third kappa shape index (κ3) is 1.05. The van der Waals surface area contributed by atoms with Crippen LogP contribution in [0.15, 0.2) is 16.8 Å². The molecule has 0 aliphatic heterocycles. The van der Waals surface area contributed by atoms with E-state index in [1.807, 2.05) is 12.1 Å². The maximum absolute atomic E-state index is 4.54. The minimum absolute atomic E-state index is 0.408. The van der Waals surface area contributed by atoms with Crippen LogP contribution >= 0.6 is 0 Å². The van der Waals surface area contributed by atoms with Crippen LogP contribution in [-0.2, 0) is 0 Å². The molecule has 2 rings (SSSR count). The van der Waals surface area contributed by atoms with E-state index in [9.17, 15) is 0 Å². The van der Waals surface area contributed by atoms with Gasteiger partial charge in [-0.1, -0.05) is 13.8 Å². The van der Waals surface area contributed by atoms with Crippen molar-refractivity contribution in [3.8, 4) is 0 Å². The largest absolute Gasteiger partial charge is 0.242 e. The van der Waals surface area contributed by atoms with Crippen molar-refractivity contribution in [3.63, 3.8) is 0 Å². The first-order valence-electron chi connectivity index (χ1n) is 3.86. The van der Waals surface area contributed by atoms with Gasteiger partial charge >= 0.3 is 0 Å². The number of aromatic nitrogens is 3. The standard InChI is InChI=1S/C8H9N3O/c1-5(2)6-3-4-7-8(9-6)11-12-10-7/h3-5H,1-2H3. The first-order valence-corrected chi connectivity index (χ1v) is 3.86. The second-order valence-electron chi connectivity index (χ2n) is 3.00. The molecule has 0 amide bonds. The summed E-state index contributed by atoms with van der Waals surface area (Å²) in [4.78, 5) is 4.27. The lowest BCUT2D eigenvalue weighted by Crippen LogP contribution is -1.91. The number of nitrogens with zero attached hydrogens (tertiary/aromatic N) is 3. The van der Waals surface area contributed by atoms with Crippen LogP contribution in [0.4, 0.5) is 0 Å². The molecule has 4 nitrogen and oxygen atoms in total. The highest BCUT2D eigenvalue weighted by Crippen LogP contribution is 2.14. The summed E-state index contributed by atoms with van der Waals surface area (Å²) < 4.78 is 4.54. The molecule has 4 heteroatoms. The van der Waals surface area contributed by atoms with Gasteiger partial charge in [0.1, 0.15) is 0 Å². The van der Waals surface area contributed by atoms with Crippen molar-refractivity contribution in [2.24, 2.45) is 0 Å². The lowest BCUT2D eigenvalue weighted by molar-refractivity contribution is 0.314. The van der Waals surface area contributed by atoms with Crippen molar-refractivity contribution in [3.05, 3.63) is 17.8 Å². The van der Waals surface area contributed by atoms with E-state index < -0.39 is 0 Å². The van der Waals surface area contributed by atoms with Crippen LogP contribution in [0.25, 0.3) is 11.2 Å². The normalized spacial score (nSPS) is 11.2. The molecular weight excluding hydrogens is 154 g/mol. The molecule has 62 valence electrons. The van der Waals surface area contributed by atoms with Gasteiger partial charge in [0, 0.05) is 5.69 Å². The Balaban J connectivity index is 2.60. The number of fused-ring (bicyclic) bond motifs is 1. The summed E-state index contributed by atoms with van der Waals surface area (Å²) in [7, 11) is 0. The maximum Gasteiger partial charge on any atom is 0.224 e. The predicted molar refractivity (Wildman–Crippen MR) is 43.7 cm³/mol. The van der Waals surface area contributed by atoms with Gasteiger partial charge in [0.05, 0.1) is 0 Å². The van der Waals surface area contributed by atoms with Gasteiger partial charge in [-0.2, -0.15) is 0 Å². The monoisotopic (exact) mass is 163 g/mol. The average molecular weight is 163 g/mol. The molecule has 0 aliphatic rings. The average Bonchev–Trinajstić information content (AvgIpc) is 2.49. The van der Waals surface area contributed by atoms with Gasteiger partial charge in [-0.3, -0.25) is 0 Å². The van der Waals surface area contributed by atoms with E-state index in [1.54, 1.807) is 0 Å². The second kappa shape index (κ2) is 2.55. The number of pyridine rings is 1. The molecule has 0 bridgehead atoms. The van der Waals surface area contributed by atoms with Crippen LogP contribution in [-0.4, -0.2) is 15.3 Å². The van der Waals surface area contributed by atoms with Gasteiger partial charge in [-0.05, 0) is 28.4 Å². The van der Waals surface area contributed by atoms with Gasteiger partial charge in [-0.15, -0.1) is 0 Å². The summed E-state index contributed by atoms with van der Waals surface area (Å²) in [6, 6.07) is 3.81. The summed E-state index contributed by atoms with van der Waals surface area (Å²) in [5, 5.41) is 7.34. The molecule has 2 aromatic heterocycles. The Morgan fingerprint density at radius 2 is 2.08 bits per heavy atom. The van der Waals surface area contributed by atoms with E-state index >= 15 is 0 Å². The molecular formula is C8H9N3O. The topological polar surface area (TPSA) is 51.8 Å². The first-order chi connectivity index (χ1) is 5.77. The Morgan fingerprint density at radius 3 is 2.83 bits per heavy atom. The van der Waals surface area contributed by atoms with Crippen LogP contribution in [0.5, 0.6) is 0 Å². The molecule has 0 aromatic carbocycles. The molecule has 0 saturated carbocycles. The van der Waals surface area contributed by atoms with Gasteiger partial charge in [0.25, 0.3) is 0 Å². The van der Waals surface area contributed by atoms with Crippen LogP contribution in [0.3, 0.4) is 0 Å². The minimum atomic E-state index is 0.408. The molecule has 0 aliphatic carbocycles. The van der Waals surface area contributed by atoms with E-state index in [0.29, 0.717) is 17.1 Å². The van der Waals surface area contributed by atoms with Crippen LogP contribution in [0, 0.1) is 0 Å². The fraction of sp³-hybridized carbons (Fsp3) is 0.375. The Bertz CT molecular complexity index is 394. The van der Waals surface area contributed by atoms with E-state index in [0.717, 1.165) is 5.69 Å². The van der Waals surface area contributed by atoms with Crippen molar-refractivity contribution in [2.45, 2.75) is 19.8 Å². The van der Waals surface area contributed by atoms with Gasteiger partial charge < -0.3 is 0 Å². The lowest BCUT2D eigenvalue weighted by Gasteiger charge is -2.00. The Labute approximate surface area is 69.6 Å². The maximum atomic E-state index is 4.54. The van der Waals surface area contributed by atoms with E-state index in [1.165, 1.54) is 0 Å². The Morgan fingerprint density at radius 1 is 1.25 bits per heavy atom. The Hall–Kier alpha value is -1.45. The molecule has 0 radical (unpaired) electrons. The van der Waals surface area contributed by atoms with Crippen LogP contribution in [0.2, 0.25) is 0 Å². The molecule has 0 saturated heterocycles. The second-order valence-corrected chi connectivity index (χ2v) is 3.00. The summed E-state index contributed by atoms with van der Waals surface area (Å²) in [6.45, 7) is 4.17. The summed E-state index contributed by atoms with van der Waals surface area (Å²) in [5.41, 5.74) is 2.30. The van der Waals surface area contributed by atoms with Crippen molar-refractivity contribution >= 4 is 11.2 Å². The third-order valence-electron chi connectivity index (χ3n) is 1.73. The highest BCUT2D eigenvalue weighted by molar-refractivity contribution is 5.68. The molecule has 0 N–H and O–H groups in total. The third-order valence-corrected chi connectivity index (χ3v) is 1.73. The van der Waals surface area contributed by atoms with E-state index in [4.69, 9.17) is 0 Å². The first kappa shape index (κ1) is 7.21. The number of rotatable bonds is 1. The zero-order valence-electron chi connectivity index (χ0n) is 6.98. The van der Waals surface area contributed by atoms with Crippen molar-refractivity contribution in [2.75, 3.05) is 0 Å². The number of hydrogen-bond donors (Lipinski definition) is 0. The summed E-state index contributed by atoms with van der Waals surface area (Å²) >= 11 is 0. The van der Waals surface area contributed by atoms with Crippen molar-refractivity contribution in [1.29, 1.82) is 0 Å². The van der Waals surface area contributed by atoms with Crippen molar-refractivity contribution < 1.29 is 4.63 Å². The quantitative estimate of drug-likeness (QED) is 0.642. The smallest absolute Gasteiger partial charge is 0.224 e. The molecule has 2 heterocycles. The van der Waals surface area contributed by atoms with Gasteiger partial charge in [0.15, 0.2) is 5.52 Å². The molecule has 0 fully saturated rings. The van der Waals surface area contributed by atoms with E-state index in [-0.39, 0.29) is 0 Å². The predicted octanol–water partition coefficient (Wildman–Crippen LogP) is 1.74. The molecule has 0 unspecified atom stereocenters.